The summed E-state index contributed by atoms with van der Waals surface area (Å²) in [6, 6.07) is 2.57. The number of anilines is 1. The smallest absolute Gasteiger partial charge is 0.358 e. The maximum atomic E-state index is 13.3. The number of carbonyl (C=O) groups is 4. The van der Waals surface area contributed by atoms with Gasteiger partial charge in [0.25, 0.3) is 11.8 Å². The molecule has 40 heavy (non-hydrogen) atoms. The van der Waals surface area contributed by atoms with Crippen LogP contribution in [0.25, 0.3) is 6.08 Å². The van der Waals surface area contributed by atoms with Crippen molar-refractivity contribution >= 4 is 63.8 Å². The van der Waals surface area contributed by atoms with Gasteiger partial charge in [-0.15, -0.1) is 23.1 Å². The third-order valence-electron chi connectivity index (χ3n) is 5.74. The van der Waals surface area contributed by atoms with Crippen molar-refractivity contribution in [2.45, 2.75) is 44.4 Å². The van der Waals surface area contributed by atoms with E-state index in [2.05, 4.69) is 20.4 Å². The topological polar surface area (TPSA) is 186 Å². The number of nitrogens with one attached hydrogen (secondary N) is 1. The monoisotopic (exact) mass is 586 g/mol. The van der Waals surface area contributed by atoms with E-state index in [1.54, 1.807) is 30.6 Å². The molecule has 2 aliphatic rings. The number of hydrogen-bond acceptors (Lipinski definition) is 13. The zero-order valence-electron chi connectivity index (χ0n) is 21.5. The molecule has 2 amide bonds. The third-order valence-corrected chi connectivity index (χ3v) is 7.72. The molecule has 0 bridgehead atoms. The van der Waals surface area contributed by atoms with Gasteiger partial charge in [-0.1, -0.05) is 30.3 Å². The fourth-order valence-corrected chi connectivity index (χ4v) is 5.80. The summed E-state index contributed by atoms with van der Waals surface area (Å²) < 4.78 is 10.5. The fourth-order valence-electron chi connectivity index (χ4n) is 3.93. The number of carbonyl (C=O) groups excluding carboxylic acids is 4. The molecule has 4 heterocycles. The average Bonchev–Trinajstić information content (AvgIpc) is 3.36. The number of nitrogens with zero attached hydrogens (tertiary/aromatic N) is 4. The number of aromatic nitrogens is 2. The number of fused-ring (bicyclic) bond motifs is 1. The summed E-state index contributed by atoms with van der Waals surface area (Å²) in [6.07, 6.45) is 6.25. The van der Waals surface area contributed by atoms with Crippen molar-refractivity contribution in [2.24, 2.45) is 5.16 Å². The molecule has 1 unspecified atom stereocenters. The minimum absolute atomic E-state index is 0.0268. The number of esters is 2. The number of oxime groups is 1. The maximum Gasteiger partial charge on any atom is 0.358 e. The van der Waals surface area contributed by atoms with Crippen molar-refractivity contribution in [1.29, 1.82) is 0 Å². The van der Waals surface area contributed by atoms with Crippen molar-refractivity contribution in [3.63, 3.8) is 0 Å². The van der Waals surface area contributed by atoms with Crippen molar-refractivity contribution in [1.82, 2.24) is 20.2 Å². The number of nitrogens with two attached hydrogens (primary N) is 1. The van der Waals surface area contributed by atoms with Gasteiger partial charge in [-0.05, 0) is 23.6 Å². The van der Waals surface area contributed by atoms with Crippen LogP contribution < -0.4 is 11.1 Å². The zero-order valence-corrected chi connectivity index (χ0v) is 23.1. The molecule has 0 aromatic carbocycles. The van der Waals surface area contributed by atoms with E-state index in [4.69, 9.17) is 15.2 Å². The molecule has 15 heteroatoms. The SMILES string of the molecule is CCCC(=O)OC(C)OC(=O)C1=C(/C=C\c2cccnc2)CS[C@@H]2[C@H](NC(=O)/C(=N\O)c3csc(N)n3)C(=O)N12. The lowest BCUT2D eigenvalue weighted by Crippen LogP contribution is -2.71. The van der Waals surface area contributed by atoms with Crippen molar-refractivity contribution in [2.75, 3.05) is 11.5 Å². The Balaban J connectivity index is 1.56. The molecule has 4 rings (SSSR count). The normalized spacial score (nSPS) is 19.6. The van der Waals surface area contributed by atoms with Crippen molar-refractivity contribution < 1.29 is 33.9 Å². The van der Waals surface area contributed by atoms with Crippen molar-refractivity contribution in [3.8, 4) is 0 Å². The first-order chi connectivity index (χ1) is 19.2. The number of ether oxygens (including phenoxy) is 2. The molecule has 13 nitrogen and oxygen atoms in total. The third kappa shape index (κ3) is 6.31. The van der Waals surface area contributed by atoms with Crippen LogP contribution >= 0.6 is 23.1 Å². The summed E-state index contributed by atoms with van der Waals surface area (Å²) >= 11 is 2.38. The van der Waals surface area contributed by atoms with Gasteiger partial charge in [-0.25, -0.2) is 9.78 Å². The molecular weight excluding hydrogens is 560 g/mol. The van der Waals surface area contributed by atoms with Gasteiger partial charge in [0.15, 0.2) is 10.8 Å². The highest BCUT2D eigenvalue weighted by molar-refractivity contribution is 8.00. The van der Waals surface area contributed by atoms with Gasteiger partial charge in [-0.2, -0.15) is 0 Å². The molecule has 3 atom stereocenters. The molecule has 2 aromatic heterocycles. The average molecular weight is 587 g/mol. The number of thioether (sulfide) groups is 1. The Bertz CT molecular complexity index is 1390. The van der Waals surface area contributed by atoms with E-state index < -0.39 is 47.2 Å². The van der Waals surface area contributed by atoms with Gasteiger partial charge in [0.1, 0.15) is 22.8 Å². The lowest BCUT2D eigenvalue weighted by atomic mass is 10.0. The van der Waals surface area contributed by atoms with Crippen LogP contribution in [0.2, 0.25) is 0 Å². The molecule has 4 N–H and O–H groups in total. The molecule has 0 spiro atoms. The Morgan fingerprint density at radius 3 is 2.80 bits per heavy atom. The Kier molecular flexibility index (Phi) is 9.16. The van der Waals surface area contributed by atoms with E-state index >= 15 is 0 Å². The van der Waals surface area contributed by atoms with Crippen LogP contribution in [0.1, 0.15) is 37.9 Å². The van der Waals surface area contributed by atoms with E-state index in [9.17, 15) is 24.4 Å². The first-order valence-electron chi connectivity index (χ1n) is 12.1. The van der Waals surface area contributed by atoms with Crippen molar-refractivity contribution in [3.05, 3.63) is 58.5 Å². The summed E-state index contributed by atoms with van der Waals surface area (Å²) in [4.78, 5) is 60.5. The number of β-lactam (4-membered cyclic amide) rings is 1. The van der Waals surface area contributed by atoms with Gasteiger partial charge >= 0.3 is 11.9 Å². The second-order valence-corrected chi connectivity index (χ2v) is 10.6. The van der Waals surface area contributed by atoms with Crippen LogP contribution in [0, 0.1) is 0 Å². The summed E-state index contributed by atoms with van der Waals surface area (Å²) in [5.74, 6) is -2.48. The van der Waals surface area contributed by atoms with Gasteiger partial charge in [0.2, 0.25) is 6.29 Å². The Morgan fingerprint density at radius 2 is 2.15 bits per heavy atom. The predicted octanol–water partition coefficient (Wildman–Crippen LogP) is 1.90. The molecule has 2 aliphatic heterocycles. The molecule has 0 aliphatic carbocycles. The van der Waals surface area contributed by atoms with Crippen LogP contribution in [0.5, 0.6) is 0 Å². The minimum Gasteiger partial charge on any atom is -0.425 e. The molecule has 210 valence electrons. The summed E-state index contributed by atoms with van der Waals surface area (Å²) in [5.41, 5.74) is 6.50. The Labute approximate surface area is 237 Å². The number of allylic oxidation sites excluding steroid dienone is 1. The quantitative estimate of drug-likeness (QED) is 0.0922. The number of thiazole rings is 1. The van der Waals surface area contributed by atoms with E-state index in [1.165, 1.54) is 29.0 Å². The Morgan fingerprint density at radius 1 is 1.35 bits per heavy atom. The molecule has 0 radical (unpaired) electrons. The summed E-state index contributed by atoms with van der Waals surface area (Å²) in [6.45, 7) is 3.23. The van der Waals surface area contributed by atoms with E-state index in [0.29, 0.717) is 17.7 Å². The van der Waals surface area contributed by atoms with Gasteiger partial charge in [-0.3, -0.25) is 24.3 Å². The van der Waals surface area contributed by atoms with Crippen LogP contribution in [0.3, 0.4) is 0 Å². The summed E-state index contributed by atoms with van der Waals surface area (Å²) in [7, 11) is 0. The number of pyridine rings is 1. The zero-order chi connectivity index (χ0) is 28.8. The Hall–Kier alpha value is -4.24. The van der Waals surface area contributed by atoms with Crippen LogP contribution in [0.15, 0.2) is 52.4 Å². The molecule has 1 fully saturated rings. The van der Waals surface area contributed by atoms with Crippen LogP contribution in [-0.2, 0) is 28.7 Å². The second-order valence-electron chi connectivity index (χ2n) is 8.59. The van der Waals surface area contributed by atoms with Gasteiger partial charge in [0.05, 0.1) is 0 Å². The number of amides is 2. The molecule has 1 saturated heterocycles. The fraction of sp³-hybridized carbons (Fsp3) is 0.320. The largest absolute Gasteiger partial charge is 0.425 e. The van der Waals surface area contributed by atoms with E-state index in [1.807, 2.05) is 13.0 Å². The number of rotatable bonds is 10. The minimum atomic E-state index is -1.18. The molecular formula is C25H26N6O7S2. The lowest BCUT2D eigenvalue weighted by Gasteiger charge is -2.49. The highest BCUT2D eigenvalue weighted by Crippen LogP contribution is 2.41. The lowest BCUT2D eigenvalue weighted by molar-refractivity contribution is -0.184. The first-order valence-corrected chi connectivity index (χ1v) is 14.1. The highest BCUT2D eigenvalue weighted by atomic mass is 32.2. The van der Waals surface area contributed by atoms with Gasteiger partial charge in [0, 0.05) is 36.9 Å². The first kappa shape index (κ1) is 28.8. The standard InChI is InChI=1S/C25H26N6O7S2/c1-3-5-17(32)37-13(2)38-24(35)20-15(8-7-14-6-4-9-27-10-14)11-39-23-19(22(34)31(20)23)29-21(33)18(30-36)16-12-40-25(26)28-16/h4,6-10,12-13,19,23,36H,3,5,11H2,1-2H3,(H2,26,28)(H,29,33)/b8-7-,30-18-/t13?,19-,23-/m1/s1. The molecule has 0 saturated carbocycles. The number of nitrogen functional groups attached to an aromatic ring is 1. The van der Waals surface area contributed by atoms with E-state index in [-0.39, 0.29) is 22.9 Å². The van der Waals surface area contributed by atoms with Crippen LogP contribution in [0.4, 0.5) is 5.13 Å². The maximum absolute atomic E-state index is 13.3. The second kappa shape index (κ2) is 12.7. The molecule has 2 aromatic rings. The van der Waals surface area contributed by atoms with E-state index in [0.717, 1.165) is 16.9 Å². The number of hydrogen-bond donors (Lipinski definition) is 3. The summed E-state index contributed by atoms with van der Waals surface area (Å²) in [5, 5.41) is 15.9. The van der Waals surface area contributed by atoms with Crippen LogP contribution in [-0.4, -0.2) is 73.0 Å². The van der Waals surface area contributed by atoms with Gasteiger partial charge < -0.3 is 25.7 Å². The predicted molar refractivity (Wildman–Crippen MR) is 147 cm³/mol. The highest BCUT2D eigenvalue weighted by Gasteiger charge is 2.54.